The molecule has 0 saturated carbocycles. The second-order valence-corrected chi connectivity index (χ2v) is 1.77. The van der Waals surface area contributed by atoms with Crippen LogP contribution in [-0.2, 0) is 0 Å². The van der Waals surface area contributed by atoms with Crippen molar-refractivity contribution in [1.29, 1.82) is 0 Å². The molecule has 0 amide bonds. The van der Waals surface area contributed by atoms with E-state index in [1.165, 1.54) is 6.92 Å². The van der Waals surface area contributed by atoms with Crippen LogP contribution in [0.3, 0.4) is 0 Å². The molecule has 0 N–H and O–H groups in total. The van der Waals surface area contributed by atoms with Gasteiger partial charge in [0.2, 0.25) is 0 Å². The summed E-state index contributed by atoms with van der Waals surface area (Å²) >= 11 is 0. The van der Waals surface area contributed by atoms with Gasteiger partial charge in [-0.3, -0.25) is 9.78 Å². The highest BCUT2D eigenvalue weighted by molar-refractivity contribution is 5.91. The van der Waals surface area contributed by atoms with E-state index in [1.807, 2.05) is 0 Å². The Morgan fingerprint density at radius 2 is 2.00 bits per heavy atom. The molecule has 2 nitrogen and oxygen atoms in total. The van der Waals surface area contributed by atoms with Gasteiger partial charge in [-0.1, -0.05) is 6.07 Å². The predicted octanol–water partition coefficient (Wildman–Crippen LogP) is 2.13. The van der Waals surface area contributed by atoms with Crippen LogP contribution in [0.1, 0.15) is 17.4 Å². The SMILES string of the molecule is CC(=O)c1ccccn1.Cl.Cl. The Morgan fingerprint density at radius 1 is 1.36 bits per heavy atom. The molecule has 0 atom stereocenters. The van der Waals surface area contributed by atoms with Crippen LogP contribution in [0, 0.1) is 0 Å². The highest BCUT2D eigenvalue weighted by atomic mass is 35.5. The van der Waals surface area contributed by atoms with E-state index in [0.29, 0.717) is 5.69 Å². The molecule has 0 aliphatic rings. The second-order valence-electron chi connectivity index (χ2n) is 1.77. The summed E-state index contributed by atoms with van der Waals surface area (Å²) in [6, 6.07) is 5.28. The summed E-state index contributed by atoms with van der Waals surface area (Å²) < 4.78 is 0. The molecular weight excluding hydrogens is 185 g/mol. The van der Waals surface area contributed by atoms with E-state index >= 15 is 0 Å². The van der Waals surface area contributed by atoms with Crippen molar-refractivity contribution in [2.24, 2.45) is 0 Å². The van der Waals surface area contributed by atoms with Crippen LogP contribution in [-0.4, -0.2) is 10.8 Å². The highest BCUT2D eigenvalue weighted by Gasteiger charge is 1.94. The molecule has 62 valence electrons. The molecule has 0 aliphatic heterocycles. The number of hydrogen-bond acceptors (Lipinski definition) is 2. The first-order valence-electron chi connectivity index (χ1n) is 2.72. The Hall–Kier alpha value is -0.600. The fraction of sp³-hybridized carbons (Fsp3) is 0.143. The Morgan fingerprint density at radius 3 is 2.27 bits per heavy atom. The normalized spacial score (nSPS) is 7.36. The van der Waals surface area contributed by atoms with Crippen LogP contribution >= 0.6 is 24.8 Å². The van der Waals surface area contributed by atoms with Crippen LogP contribution in [0.4, 0.5) is 0 Å². The van der Waals surface area contributed by atoms with Gasteiger partial charge in [-0.15, -0.1) is 24.8 Å². The number of hydrogen-bond donors (Lipinski definition) is 0. The van der Waals surface area contributed by atoms with Crippen LogP contribution in [0.2, 0.25) is 0 Å². The molecule has 1 rings (SSSR count). The zero-order valence-corrected chi connectivity index (χ0v) is 7.61. The molecule has 0 saturated heterocycles. The van der Waals surface area contributed by atoms with Crippen LogP contribution < -0.4 is 0 Å². The van der Waals surface area contributed by atoms with E-state index in [4.69, 9.17) is 0 Å². The fourth-order valence-electron chi connectivity index (χ4n) is 0.571. The summed E-state index contributed by atoms with van der Waals surface area (Å²) in [5.41, 5.74) is 0.525. The summed E-state index contributed by atoms with van der Waals surface area (Å²) in [7, 11) is 0. The number of nitrogens with zero attached hydrogens (tertiary/aromatic N) is 1. The molecule has 0 aliphatic carbocycles. The van der Waals surface area contributed by atoms with Gasteiger partial charge in [0.1, 0.15) is 5.69 Å². The molecule has 0 spiro atoms. The summed E-state index contributed by atoms with van der Waals surface area (Å²) in [4.78, 5) is 14.4. The largest absolute Gasteiger partial charge is 0.293 e. The van der Waals surface area contributed by atoms with E-state index in [1.54, 1.807) is 24.4 Å². The van der Waals surface area contributed by atoms with Crippen LogP contribution in [0.25, 0.3) is 0 Å². The molecule has 1 aromatic rings. The lowest BCUT2D eigenvalue weighted by molar-refractivity contribution is 0.101. The smallest absolute Gasteiger partial charge is 0.178 e. The molecule has 0 fully saturated rings. The van der Waals surface area contributed by atoms with Gasteiger partial charge in [0.15, 0.2) is 5.78 Å². The number of carbonyl (C=O) groups excluding carboxylic acids is 1. The Balaban J connectivity index is 0. The van der Waals surface area contributed by atoms with Crippen molar-refractivity contribution in [2.45, 2.75) is 6.92 Å². The number of ketones is 1. The first kappa shape index (κ1) is 13.0. The van der Waals surface area contributed by atoms with Crippen molar-refractivity contribution in [3.05, 3.63) is 30.1 Å². The van der Waals surface area contributed by atoms with E-state index in [-0.39, 0.29) is 30.6 Å². The van der Waals surface area contributed by atoms with Crippen LogP contribution in [0.15, 0.2) is 24.4 Å². The van der Waals surface area contributed by atoms with Crippen LogP contribution in [0.5, 0.6) is 0 Å². The van der Waals surface area contributed by atoms with E-state index in [0.717, 1.165) is 0 Å². The summed E-state index contributed by atoms with van der Waals surface area (Å²) in [5.74, 6) is 0.00981. The van der Waals surface area contributed by atoms with Crippen molar-refractivity contribution < 1.29 is 4.79 Å². The Kier molecular flexibility index (Phi) is 7.26. The highest BCUT2D eigenvalue weighted by Crippen LogP contribution is 1.92. The van der Waals surface area contributed by atoms with Crippen molar-refractivity contribution in [3.8, 4) is 0 Å². The third kappa shape index (κ3) is 3.96. The molecule has 11 heavy (non-hydrogen) atoms. The van der Waals surface area contributed by atoms with E-state index in [9.17, 15) is 4.79 Å². The first-order valence-corrected chi connectivity index (χ1v) is 2.72. The molecular formula is C7H9Cl2NO. The second kappa shape index (κ2) is 6.13. The van der Waals surface area contributed by atoms with Gasteiger partial charge in [0.25, 0.3) is 0 Å². The minimum absolute atomic E-state index is 0. The number of aromatic nitrogens is 1. The van der Waals surface area contributed by atoms with Gasteiger partial charge in [-0.05, 0) is 12.1 Å². The number of Topliss-reactive ketones (excluding diaryl/α,β-unsaturated/α-hetero) is 1. The average molecular weight is 194 g/mol. The maximum Gasteiger partial charge on any atom is 0.178 e. The fourth-order valence-corrected chi connectivity index (χ4v) is 0.571. The Labute approximate surface area is 77.8 Å². The van der Waals surface area contributed by atoms with Gasteiger partial charge in [0, 0.05) is 13.1 Å². The van der Waals surface area contributed by atoms with Crippen molar-refractivity contribution >= 4 is 30.6 Å². The minimum Gasteiger partial charge on any atom is -0.293 e. The molecule has 0 aromatic carbocycles. The molecule has 4 heteroatoms. The van der Waals surface area contributed by atoms with Crippen molar-refractivity contribution in [2.75, 3.05) is 0 Å². The zero-order valence-electron chi connectivity index (χ0n) is 5.98. The van der Waals surface area contributed by atoms with Gasteiger partial charge in [-0.2, -0.15) is 0 Å². The molecule has 1 heterocycles. The lowest BCUT2D eigenvalue weighted by Crippen LogP contribution is -1.93. The lowest BCUT2D eigenvalue weighted by atomic mass is 10.3. The number of rotatable bonds is 1. The molecule has 0 radical (unpaired) electrons. The van der Waals surface area contributed by atoms with E-state index in [2.05, 4.69) is 4.98 Å². The van der Waals surface area contributed by atoms with Gasteiger partial charge >= 0.3 is 0 Å². The van der Waals surface area contributed by atoms with Crippen molar-refractivity contribution in [3.63, 3.8) is 0 Å². The van der Waals surface area contributed by atoms with Gasteiger partial charge < -0.3 is 0 Å². The zero-order chi connectivity index (χ0) is 6.69. The lowest BCUT2D eigenvalue weighted by Gasteiger charge is -1.88. The summed E-state index contributed by atoms with van der Waals surface area (Å²) in [6.07, 6.45) is 1.61. The van der Waals surface area contributed by atoms with Gasteiger partial charge in [0.05, 0.1) is 0 Å². The first-order chi connectivity index (χ1) is 4.30. The van der Waals surface area contributed by atoms with Crippen molar-refractivity contribution in [1.82, 2.24) is 4.98 Å². The number of halogens is 2. The number of pyridine rings is 1. The summed E-state index contributed by atoms with van der Waals surface area (Å²) in [5, 5.41) is 0. The maximum atomic E-state index is 10.6. The van der Waals surface area contributed by atoms with Gasteiger partial charge in [-0.25, -0.2) is 0 Å². The molecule has 0 unspecified atom stereocenters. The quantitative estimate of drug-likeness (QED) is 0.641. The molecule has 0 bridgehead atoms. The monoisotopic (exact) mass is 193 g/mol. The third-order valence-corrected chi connectivity index (χ3v) is 1.03. The third-order valence-electron chi connectivity index (χ3n) is 1.03. The minimum atomic E-state index is 0. The average Bonchev–Trinajstić information content (AvgIpc) is 1.90. The maximum absolute atomic E-state index is 10.6. The summed E-state index contributed by atoms with van der Waals surface area (Å²) in [6.45, 7) is 1.50. The number of carbonyl (C=O) groups is 1. The van der Waals surface area contributed by atoms with E-state index < -0.39 is 0 Å². The predicted molar refractivity (Wildman–Crippen MR) is 48.7 cm³/mol. The Bertz CT molecular complexity index is 213. The molecule has 1 aromatic heterocycles. The standard InChI is InChI=1S/C7H7NO.2ClH/c1-6(9)7-4-2-3-5-8-7;;/h2-5H,1H3;2*1H. The topological polar surface area (TPSA) is 30.0 Å².